The van der Waals surface area contributed by atoms with Crippen LogP contribution in [-0.2, 0) is 4.57 Å². The first-order valence-electron chi connectivity index (χ1n) is 8.96. The Bertz CT molecular complexity index is 1140. The van der Waals surface area contributed by atoms with Crippen molar-refractivity contribution in [1.29, 1.82) is 0 Å². The topological polar surface area (TPSA) is 72.6 Å². The summed E-state index contributed by atoms with van der Waals surface area (Å²) in [6, 6.07) is 17.1. The van der Waals surface area contributed by atoms with Gasteiger partial charge in [-0.05, 0) is 50.1 Å². The van der Waals surface area contributed by atoms with Crippen molar-refractivity contribution in [3.63, 3.8) is 0 Å². The zero-order chi connectivity index (χ0) is 21.2. The summed E-state index contributed by atoms with van der Waals surface area (Å²) in [4.78, 5) is 10.6. The quantitative estimate of drug-likeness (QED) is 0.233. The van der Waals surface area contributed by atoms with Crippen LogP contribution in [0.1, 0.15) is 22.3 Å². The van der Waals surface area contributed by atoms with Gasteiger partial charge in [-0.3, -0.25) is 14.7 Å². The smallest absolute Gasteiger partial charge is 0.270 e. The molecule has 7 heteroatoms. The van der Waals surface area contributed by atoms with Crippen molar-refractivity contribution in [2.45, 2.75) is 20.8 Å². The van der Waals surface area contributed by atoms with Gasteiger partial charge in [0, 0.05) is 39.5 Å². The van der Waals surface area contributed by atoms with Crippen LogP contribution >= 0.6 is 18.9 Å². The maximum atomic E-state index is 14.3. The van der Waals surface area contributed by atoms with Crippen LogP contribution in [0.25, 0.3) is 0 Å². The number of nitro benzene ring substituents is 1. The van der Waals surface area contributed by atoms with E-state index < -0.39 is 12.2 Å². The predicted molar refractivity (Wildman–Crippen MR) is 120 cm³/mol. The van der Waals surface area contributed by atoms with Gasteiger partial charge in [0.1, 0.15) is 0 Å². The molecule has 1 atom stereocenters. The maximum absolute atomic E-state index is 14.3. The Morgan fingerprint density at radius 1 is 1.00 bits per heavy atom. The number of nitro groups is 1. The molecular weight excluding hydrogens is 407 g/mol. The molecule has 3 aromatic carbocycles. The Labute approximate surface area is 174 Å². The average Bonchev–Trinajstić information content (AvgIpc) is 2.67. The van der Waals surface area contributed by atoms with Gasteiger partial charge in [0.15, 0.2) is 0 Å². The molecule has 0 radical (unpaired) electrons. The molecule has 0 heterocycles. The molecule has 5 nitrogen and oxygen atoms in total. The number of hydrogen-bond acceptors (Lipinski definition) is 3. The van der Waals surface area contributed by atoms with E-state index >= 15 is 0 Å². The number of benzene rings is 3. The first kappa shape index (κ1) is 21.0. The van der Waals surface area contributed by atoms with Gasteiger partial charge in [-0.1, -0.05) is 47.5 Å². The van der Waals surface area contributed by atoms with E-state index in [1.54, 1.807) is 12.1 Å². The van der Waals surface area contributed by atoms with Crippen molar-refractivity contribution in [2.24, 2.45) is 4.76 Å². The second-order valence-corrected chi connectivity index (χ2v) is 9.62. The van der Waals surface area contributed by atoms with Gasteiger partial charge in [0.2, 0.25) is 7.29 Å². The van der Waals surface area contributed by atoms with Gasteiger partial charge in [-0.15, -0.1) is 0 Å². The van der Waals surface area contributed by atoms with Crippen LogP contribution in [0.15, 0.2) is 65.4 Å². The van der Waals surface area contributed by atoms with Crippen molar-refractivity contribution >= 4 is 41.4 Å². The molecule has 0 spiro atoms. The maximum Gasteiger partial charge on any atom is 0.270 e. The summed E-state index contributed by atoms with van der Waals surface area (Å²) in [5.74, 6) is 0. The monoisotopic (exact) mass is 426 g/mol. The number of non-ortho nitro benzene ring substituents is 1. The van der Waals surface area contributed by atoms with Crippen molar-refractivity contribution < 1.29 is 9.49 Å². The van der Waals surface area contributed by atoms with E-state index in [2.05, 4.69) is 4.76 Å². The van der Waals surface area contributed by atoms with E-state index in [1.165, 1.54) is 24.4 Å². The third kappa shape index (κ3) is 4.31. The van der Waals surface area contributed by atoms with Crippen molar-refractivity contribution in [3.05, 3.63) is 98.1 Å². The molecule has 0 fully saturated rings. The van der Waals surface area contributed by atoms with Gasteiger partial charge in [-0.2, -0.15) is 0 Å². The summed E-state index contributed by atoms with van der Waals surface area (Å²) < 4.78 is 18.8. The molecule has 3 aromatic rings. The average molecular weight is 427 g/mol. The lowest BCUT2D eigenvalue weighted by Crippen LogP contribution is -2.20. The highest BCUT2D eigenvalue weighted by Gasteiger charge is 2.30. The van der Waals surface area contributed by atoms with Crippen LogP contribution in [0.2, 0.25) is 5.02 Å². The number of aryl methyl sites for hydroxylation is 3. The Morgan fingerprint density at radius 3 is 2.21 bits per heavy atom. The largest absolute Gasteiger partial charge is 0.288 e. The minimum absolute atomic E-state index is 0.104. The van der Waals surface area contributed by atoms with Crippen molar-refractivity contribution in [3.8, 4) is 0 Å². The van der Waals surface area contributed by atoms with Crippen molar-refractivity contribution in [2.75, 3.05) is 0 Å². The van der Waals surface area contributed by atoms with Crippen LogP contribution in [0.4, 0.5) is 5.69 Å². The first-order chi connectivity index (χ1) is 13.7. The minimum atomic E-state index is -3.40. The summed E-state index contributed by atoms with van der Waals surface area (Å²) in [5, 5.41) is 12.7. The van der Waals surface area contributed by atoms with Gasteiger partial charge >= 0.3 is 0 Å². The molecule has 0 amide bonds. The van der Waals surface area contributed by atoms with E-state index in [-0.39, 0.29) is 5.69 Å². The molecule has 0 bridgehead atoms. The molecule has 3 rings (SSSR count). The summed E-state index contributed by atoms with van der Waals surface area (Å²) in [7, 11) is -3.40. The summed E-state index contributed by atoms with van der Waals surface area (Å²) in [6.45, 7) is 5.82. The molecule has 0 aromatic heterocycles. The summed E-state index contributed by atoms with van der Waals surface area (Å²) in [6.07, 6.45) is 1.38. The lowest BCUT2D eigenvalue weighted by molar-refractivity contribution is -0.384. The zero-order valence-corrected chi connectivity index (χ0v) is 17.9. The number of rotatable bonds is 5. The highest BCUT2D eigenvalue weighted by Crippen LogP contribution is 2.47. The Hall–Kier alpha value is -2.75. The number of halogens is 1. The van der Waals surface area contributed by atoms with Crippen LogP contribution < -0.4 is 10.6 Å². The standard InChI is InChI=1S/C22H20ClN2O3P/c1-15-11-16(2)22(17(3)12-15)29(28,20-7-5-4-6-8-20)24-14-18-13-19(25(26)27)9-10-21(18)23/h4-14H,1-3H3/b24-14-. The van der Waals surface area contributed by atoms with Crippen molar-refractivity contribution in [1.82, 2.24) is 0 Å². The molecule has 29 heavy (non-hydrogen) atoms. The number of hydrogen-bond donors (Lipinski definition) is 0. The fourth-order valence-electron chi connectivity index (χ4n) is 3.42. The molecule has 0 N–H and O–H groups in total. The lowest BCUT2D eigenvalue weighted by atomic mass is 10.1. The summed E-state index contributed by atoms with van der Waals surface area (Å²) >= 11 is 6.20. The fourth-order valence-corrected chi connectivity index (χ4v) is 6.04. The van der Waals surface area contributed by atoms with E-state index in [0.29, 0.717) is 21.2 Å². The van der Waals surface area contributed by atoms with Crippen LogP contribution in [-0.4, -0.2) is 11.1 Å². The predicted octanol–water partition coefficient (Wildman–Crippen LogP) is 5.52. The zero-order valence-electron chi connectivity index (χ0n) is 16.3. The third-order valence-corrected chi connectivity index (χ3v) is 7.69. The van der Waals surface area contributed by atoms with Crippen LogP contribution in [0.5, 0.6) is 0 Å². The second kappa shape index (κ2) is 8.32. The van der Waals surface area contributed by atoms with Gasteiger partial charge < -0.3 is 0 Å². The second-order valence-electron chi connectivity index (χ2n) is 6.87. The van der Waals surface area contributed by atoms with E-state index in [4.69, 9.17) is 11.6 Å². The Morgan fingerprint density at radius 2 is 1.62 bits per heavy atom. The van der Waals surface area contributed by atoms with E-state index in [1.807, 2.05) is 51.1 Å². The normalized spacial score (nSPS) is 13.4. The minimum Gasteiger partial charge on any atom is -0.288 e. The van der Waals surface area contributed by atoms with Crippen LogP contribution in [0.3, 0.4) is 0 Å². The summed E-state index contributed by atoms with van der Waals surface area (Å²) in [5.41, 5.74) is 3.09. The molecule has 0 aliphatic rings. The van der Waals surface area contributed by atoms with E-state index in [9.17, 15) is 14.7 Å². The lowest BCUT2D eigenvalue weighted by Gasteiger charge is -2.20. The highest BCUT2D eigenvalue weighted by molar-refractivity contribution is 7.77. The van der Waals surface area contributed by atoms with Crippen LogP contribution in [0, 0.1) is 30.9 Å². The molecular formula is C22H20ClN2O3P. The molecule has 148 valence electrons. The van der Waals surface area contributed by atoms with E-state index in [0.717, 1.165) is 16.7 Å². The SMILES string of the molecule is Cc1cc(C)c(P(=O)(/N=C\c2cc([N+](=O)[O-])ccc2Cl)c2ccccc2)c(C)c1. The Balaban J connectivity index is 2.22. The van der Waals surface area contributed by atoms with Gasteiger partial charge in [0.25, 0.3) is 5.69 Å². The first-order valence-corrected chi connectivity index (χ1v) is 11.0. The molecule has 0 saturated heterocycles. The fraction of sp³-hybridized carbons (Fsp3) is 0.136. The highest BCUT2D eigenvalue weighted by atomic mass is 35.5. The molecule has 0 saturated carbocycles. The molecule has 0 aliphatic heterocycles. The third-order valence-electron chi connectivity index (χ3n) is 4.59. The molecule has 1 unspecified atom stereocenters. The van der Waals surface area contributed by atoms with Gasteiger partial charge in [0.05, 0.1) is 4.92 Å². The number of nitrogens with zero attached hydrogens (tertiary/aromatic N) is 2. The van der Waals surface area contributed by atoms with Gasteiger partial charge in [-0.25, -0.2) is 4.76 Å². The molecule has 0 aliphatic carbocycles. The Kier molecular flexibility index (Phi) is 6.02.